The van der Waals surface area contributed by atoms with Crippen LogP contribution in [0.1, 0.15) is 19.8 Å². The van der Waals surface area contributed by atoms with Crippen molar-refractivity contribution in [3.05, 3.63) is 24.3 Å². The van der Waals surface area contributed by atoms with Gasteiger partial charge in [-0.15, -0.1) is 0 Å². The van der Waals surface area contributed by atoms with Crippen LogP contribution in [0.4, 0.5) is 5.69 Å². The van der Waals surface area contributed by atoms with Gasteiger partial charge in [-0.25, -0.2) is 0 Å². The predicted molar refractivity (Wildman–Crippen MR) is 102 cm³/mol. The molecule has 0 saturated carbocycles. The van der Waals surface area contributed by atoms with Crippen molar-refractivity contribution in [2.24, 2.45) is 5.92 Å². The van der Waals surface area contributed by atoms with Gasteiger partial charge in [0.05, 0.1) is 13.2 Å². The van der Waals surface area contributed by atoms with Gasteiger partial charge < -0.3 is 19.6 Å². The van der Waals surface area contributed by atoms with Crippen LogP contribution < -0.4 is 9.64 Å². The van der Waals surface area contributed by atoms with Gasteiger partial charge in [-0.1, -0.05) is 13.0 Å². The van der Waals surface area contributed by atoms with Gasteiger partial charge in [-0.3, -0.25) is 4.90 Å². The summed E-state index contributed by atoms with van der Waals surface area (Å²) in [6.07, 6.45) is 2.30. The number of β-amino-alcohol motifs (C(OH)–C–C–N with tert-alkyl or cyclic N) is 1. The van der Waals surface area contributed by atoms with Crippen LogP contribution in [-0.4, -0.2) is 80.5 Å². The average Bonchev–Trinajstić information content (AvgIpc) is 2.64. The third kappa shape index (κ3) is 5.33. The van der Waals surface area contributed by atoms with Crippen LogP contribution in [0.3, 0.4) is 0 Å². The summed E-state index contributed by atoms with van der Waals surface area (Å²) in [6.45, 7) is 10.2. The van der Waals surface area contributed by atoms with E-state index < -0.39 is 0 Å². The van der Waals surface area contributed by atoms with Crippen molar-refractivity contribution in [3.63, 3.8) is 0 Å². The molecule has 1 N–H and O–H groups in total. The number of rotatable bonds is 6. The van der Waals surface area contributed by atoms with Crippen LogP contribution in [0.25, 0.3) is 0 Å². The van der Waals surface area contributed by atoms with Crippen LogP contribution in [-0.2, 0) is 0 Å². The minimum absolute atomic E-state index is 0.239. The lowest BCUT2D eigenvalue weighted by Gasteiger charge is -2.38. The first-order valence-corrected chi connectivity index (χ1v) is 9.66. The van der Waals surface area contributed by atoms with E-state index in [2.05, 4.69) is 33.8 Å². The molecule has 3 rings (SSSR count). The van der Waals surface area contributed by atoms with Crippen LogP contribution >= 0.6 is 0 Å². The van der Waals surface area contributed by atoms with Gasteiger partial charge in [-0.05, 0) is 44.0 Å². The number of aliphatic hydroxyl groups is 1. The van der Waals surface area contributed by atoms with E-state index in [4.69, 9.17) is 4.74 Å². The molecule has 1 unspecified atom stereocenters. The maximum absolute atomic E-state index is 10.5. The third-order valence-corrected chi connectivity index (χ3v) is 5.60. The maximum Gasteiger partial charge on any atom is 0.120 e. The zero-order chi connectivity index (χ0) is 17.6. The number of methoxy groups -OCH3 is 1. The molecule has 0 aromatic heterocycles. The molecule has 2 saturated heterocycles. The summed E-state index contributed by atoms with van der Waals surface area (Å²) in [7, 11) is 1.71. The van der Waals surface area contributed by atoms with E-state index >= 15 is 0 Å². The monoisotopic (exact) mass is 347 g/mol. The number of ether oxygens (including phenoxy) is 1. The highest BCUT2D eigenvalue weighted by Gasteiger charge is 2.22. The molecule has 140 valence electrons. The number of piperazine rings is 1. The van der Waals surface area contributed by atoms with Gasteiger partial charge in [0, 0.05) is 51.0 Å². The molecule has 2 heterocycles. The summed E-state index contributed by atoms with van der Waals surface area (Å²) in [5.74, 6) is 1.75. The van der Waals surface area contributed by atoms with Gasteiger partial charge in [0.2, 0.25) is 0 Å². The molecule has 5 heteroatoms. The lowest BCUT2D eigenvalue weighted by molar-refractivity contribution is 0.0597. The first-order valence-electron chi connectivity index (χ1n) is 9.66. The molecule has 25 heavy (non-hydrogen) atoms. The first-order chi connectivity index (χ1) is 12.1. The van der Waals surface area contributed by atoms with Crippen molar-refractivity contribution in [3.8, 4) is 5.75 Å². The summed E-state index contributed by atoms with van der Waals surface area (Å²) in [5, 5.41) is 10.5. The quantitative estimate of drug-likeness (QED) is 0.851. The van der Waals surface area contributed by atoms with Crippen LogP contribution in [0.2, 0.25) is 0 Å². The third-order valence-electron chi connectivity index (χ3n) is 5.60. The number of benzene rings is 1. The molecule has 0 radical (unpaired) electrons. The Balaban J connectivity index is 1.41. The molecule has 0 spiro atoms. The van der Waals surface area contributed by atoms with E-state index in [1.165, 1.54) is 18.5 Å². The Labute approximate surface area is 152 Å². The summed E-state index contributed by atoms with van der Waals surface area (Å²) in [5.41, 5.74) is 1.22. The minimum Gasteiger partial charge on any atom is -0.497 e. The number of nitrogens with zero attached hydrogens (tertiary/aromatic N) is 3. The fraction of sp³-hybridized carbons (Fsp3) is 0.700. The summed E-state index contributed by atoms with van der Waals surface area (Å²) >= 11 is 0. The fourth-order valence-corrected chi connectivity index (χ4v) is 3.89. The van der Waals surface area contributed by atoms with E-state index in [0.717, 1.165) is 64.0 Å². The van der Waals surface area contributed by atoms with E-state index in [1.807, 2.05) is 12.1 Å². The van der Waals surface area contributed by atoms with Gasteiger partial charge >= 0.3 is 0 Å². The van der Waals surface area contributed by atoms with E-state index in [9.17, 15) is 5.11 Å². The van der Waals surface area contributed by atoms with Gasteiger partial charge in [0.1, 0.15) is 5.75 Å². The second-order valence-corrected chi connectivity index (χ2v) is 7.63. The molecule has 0 aliphatic carbocycles. The van der Waals surface area contributed by atoms with E-state index in [-0.39, 0.29) is 6.10 Å². The van der Waals surface area contributed by atoms with Crippen molar-refractivity contribution in [2.75, 3.05) is 64.4 Å². The van der Waals surface area contributed by atoms with Crippen molar-refractivity contribution >= 4 is 5.69 Å². The van der Waals surface area contributed by atoms with Crippen molar-refractivity contribution in [1.82, 2.24) is 9.80 Å². The molecule has 2 aliphatic heterocycles. The molecule has 2 aliphatic rings. The summed E-state index contributed by atoms with van der Waals surface area (Å²) in [6, 6.07) is 8.27. The van der Waals surface area contributed by atoms with Crippen LogP contribution in [0, 0.1) is 5.92 Å². The Morgan fingerprint density at radius 3 is 2.32 bits per heavy atom. The lowest BCUT2D eigenvalue weighted by atomic mass is 9.99. The second-order valence-electron chi connectivity index (χ2n) is 7.63. The second kappa shape index (κ2) is 8.88. The van der Waals surface area contributed by atoms with Gasteiger partial charge in [0.25, 0.3) is 0 Å². The first kappa shape index (κ1) is 18.5. The molecule has 1 atom stereocenters. The van der Waals surface area contributed by atoms with Crippen LogP contribution in [0.15, 0.2) is 24.3 Å². The average molecular weight is 348 g/mol. The molecule has 0 amide bonds. The Morgan fingerprint density at radius 2 is 1.68 bits per heavy atom. The largest absolute Gasteiger partial charge is 0.497 e. The van der Waals surface area contributed by atoms with Crippen molar-refractivity contribution in [2.45, 2.75) is 25.9 Å². The van der Waals surface area contributed by atoms with Crippen molar-refractivity contribution < 1.29 is 9.84 Å². The highest BCUT2D eigenvalue weighted by molar-refractivity contribution is 5.51. The molecule has 0 bridgehead atoms. The zero-order valence-electron chi connectivity index (χ0n) is 15.7. The Bertz CT molecular complexity index is 523. The fourth-order valence-electron chi connectivity index (χ4n) is 3.89. The highest BCUT2D eigenvalue weighted by Crippen LogP contribution is 2.22. The topological polar surface area (TPSA) is 39.2 Å². The van der Waals surface area contributed by atoms with E-state index in [1.54, 1.807) is 7.11 Å². The molecule has 2 fully saturated rings. The number of anilines is 1. The predicted octanol–water partition coefficient (Wildman–Crippen LogP) is 1.91. The number of hydrogen-bond acceptors (Lipinski definition) is 5. The molecule has 1 aromatic rings. The van der Waals surface area contributed by atoms with Gasteiger partial charge in [-0.2, -0.15) is 0 Å². The highest BCUT2D eigenvalue weighted by atomic mass is 16.5. The maximum atomic E-state index is 10.5. The van der Waals surface area contributed by atoms with E-state index in [0.29, 0.717) is 0 Å². The lowest BCUT2D eigenvalue weighted by Crippen LogP contribution is -2.50. The van der Waals surface area contributed by atoms with Crippen molar-refractivity contribution in [1.29, 1.82) is 0 Å². The smallest absolute Gasteiger partial charge is 0.120 e. The number of hydrogen-bond donors (Lipinski definition) is 1. The van der Waals surface area contributed by atoms with Gasteiger partial charge in [0.15, 0.2) is 0 Å². The molecular formula is C20H33N3O2. The minimum atomic E-state index is -0.239. The van der Waals surface area contributed by atoms with Crippen LogP contribution in [0.5, 0.6) is 5.75 Å². The zero-order valence-corrected chi connectivity index (χ0v) is 15.7. The Morgan fingerprint density at radius 1 is 1.04 bits per heavy atom. The number of piperidine rings is 1. The molecule has 5 nitrogen and oxygen atoms in total. The molecule has 1 aromatic carbocycles. The Kier molecular flexibility index (Phi) is 6.57. The summed E-state index contributed by atoms with van der Waals surface area (Å²) in [4.78, 5) is 7.22. The molecular weight excluding hydrogens is 314 g/mol. The standard InChI is InChI=1S/C20H33N3O2/c1-17-6-8-21(9-7-17)15-19(24)16-22-10-12-23(13-11-22)18-4-3-5-20(14-18)25-2/h3-5,14,17,19,24H,6-13,15-16H2,1-2H3. The SMILES string of the molecule is COc1cccc(N2CCN(CC(O)CN3CCC(C)CC3)CC2)c1. The normalized spacial score (nSPS) is 22.1. The number of likely N-dealkylation sites (tertiary alicyclic amines) is 1. The summed E-state index contributed by atoms with van der Waals surface area (Å²) < 4.78 is 5.32. The Hall–Kier alpha value is -1.30. The number of aliphatic hydroxyl groups excluding tert-OH is 1.